The Morgan fingerprint density at radius 3 is 2.41 bits per heavy atom. The van der Waals surface area contributed by atoms with Gasteiger partial charge in [0.15, 0.2) is 5.78 Å². The highest BCUT2D eigenvalue weighted by atomic mass is 35.5. The van der Waals surface area contributed by atoms with Gasteiger partial charge in [-0.3, -0.25) is 4.79 Å². The molecule has 0 saturated carbocycles. The van der Waals surface area contributed by atoms with Crippen molar-refractivity contribution in [1.29, 1.82) is 0 Å². The Labute approximate surface area is 163 Å². The molecule has 0 N–H and O–H groups in total. The minimum atomic E-state index is -0.885. The van der Waals surface area contributed by atoms with Crippen LogP contribution in [0.1, 0.15) is 51.5 Å². The number of hydrazone groups is 1. The van der Waals surface area contributed by atoms with E-state index in [4.69, 9.17) is 11.6 Å². The van der Waals surface area contributed by atoms with Crippen LogP contribution in [0.4, 0.5) is 8.78 Å². The van der Waals surface area contributed by atoms with Gasteiger partial charge in [0, 0.05) is 23.8 Å². The smallest absolute Gasteiger partial charge is 0.161 e. The number of rotatable bonds is 8. The first-order valence-electron chi connectivity index (χ1n) is 9.01. The zero-order valence-corrected chi connectivity index (χ0v) is 16.3. The summed E-state index contributed by atoms with van der Waals surface area (Å²) < 4.78 is 28.3. The Morgan fingerprint density at radius 1 is 1.19 bits per heavy atom. The van der Waals surface area contributed by atoms with Crippen LogP contribution in [0.25, 0.3) is 5.70 Å². The summed E-state index contributed by atoms with van der Waals surface area (Å²) in [5.74, 6) is -1.83. The molecule has 0 fully saturated rings. The Morgan fingerprint density at radius 2 is 1.85 bits per heavy atom. The number of allylic oxidation sites excluding steroid dienone is 3. The number of carbonyl (C=O) groups excluding carboxylic acids is 1. The van der Waals surface area contributed by atoms with Crippen LogP contribution in [-0.2, 0) is 4.79 Å². The molecule has 0 aliphatic carbocycles. The van der Waals surface area contributed by atoms with E-state index in [0.29, 0.717) is 36.2 Å². The van der Waals surface area contributed by atoms with Crippen LogP contribution in [-0.4, -0.2) is 17.0 Å². The van der Waals surface area contributed by atoms with Crippen molar-refractivity contribution < 1.29 is 13.6 Å². The molecule has 0 spiro atoms. The number of benzene rings is 1. The number of hydrogen-bond donors (Lipinski definition) is 0. The quantitative estimate of drug-likeness (QED) is 0.386. The van der Waals surface area contributed by atoms with Gasteiger partial charge >= 0.3 is 0 Å². The Kier molecular flexibility index (Phi) is 7.48. The molecule has 1 aliphatic heterocycles. The molecule has 1 aromatic rings. The van der Waals surface area contributed by atoms with E-state index in [1.165, 1.54) is 5.01 Å². The number of halogens is 3. The fourth-order valence-corrected chi connectivity index (χ4v) is 2.95. The van der Waals surface area contributed by atoms with Gasteiger partial charge in [-0.1, -0.05) is 38.4 Å². The summed E-state index contributed by atoms with van der Waals surface area (Å²) in [7, 11) is 0. The van der Waals surface area contributed by atoms with Crippen LogP contribution in [0.2, 0.25) is 5.02 Å². The first kappa shape index (κ1) is 21.0. The second-order valence-electron chi connectivity index (χ2n) is 6.28. The summed E-state index contributed by atoms with van der Waals surface area (Å²) in [5, 5.41) is 5.16. The van der Waals surface area contributed by atoms with Crippen molar-refractivity contribution in [1.82, 2.24) is 5.01 Å². The molecular formula is C21H23ClF2N2O. The molecular weight excluding hydrogens is 370 g/mol. The van der Waals surface area contributed by atoms with E-state index in [9.17, 15) is 13.6 Å². The lowest BCUT2D eigenvalue weighted by Crippen LogP contribution is -2.21. The molecule has 144 valence electrons. The fourth-order valence-electron chi connectivity index (χ4n) is 2.84. The predicted octanol–water partition coefficient (Wildman–Crippen LogP) is 6.26. The molecule has 0 bridgehead atoms. The van der Waals surface area contributed by atoms with Crippen molar-refractivity contribution in [3.63, 3.8) is 0 Å². The minimum Gasteiger partial charge on any atom is -0.294 e. The van der Waals surface area contributed by atoms with E-state index in [1.807, 2.05) is 13.8 Å². The van der Waals surface area contributed by atoms with Crippen molar-refractivity contribution in [2.75, 3.05) is 0 Å². The van der Waals surface area contributed by atoms with Gasteiger partial charge in [0.1, 0.15) is 16.7 Å². The average Bonchev–Trinajstić information content (AvgIpc) is 2.64. The van der Waals surface area contributed by atoms with Crippen LogP contribution < -0.4 is 0 Å². The van der Waals surface area contributed by atoms with Gasteiger partial charge in [0.05, 0.1) is 11.4 Å². The molecule has 0 atom stereocenters. The molecule has 1 heterocycles. The summed E-state index contributed by atoms with van der Waals surface area (Å²) in [6.07, 6.45) is 8.13. The van der Waals surface area contributed by atoms with E-state index in [0.717, 1.165) is 25.0 Å². The van der Waals surface area contributed by atoms with E-state index in [-0.39, 0.29) is 11.3 Å². The number of carbonyl (C=O) groups is 1. The number of Topliss-reactive ketones (excluding diaryl/α,β-unsaturated/α-hetero) is 1. The SMILES string of the molecule is C=C1C=CC=NN1/C(=C(\CCCC)C(=O)CCC)c1cc(F)c(Cl)c(F)c1. The standard InChI is InChI=1S/C21H23ClF2N2O/c1-4-6-10-16(19(27)8-5-2)21(26-14(3)9-7-11-25-26)15-12-17(23)20(22)18(24)13-15/h7,9,11-13H,3-6,8,10H2,1-2H3/b21-16+. The lowest BCUT2D eigenvalue weighted by molar-refractivity contribution is -0.115. The van der Waals surface area contributed by atoms with E-state index < -0.39 is 16.7 Å². The van der Waals surface area contributed by atoms with E-state index >= 15 is 0 Å². The maximum Gasteiger partial charge on any atom is 0.161 e. The van der Waals surface area contributed by atoms with Gasteiger partial charge in [0.2, 0.25) is 0 Å². The molecule has 0 unspecified atom stereocenters. The molecule has 0 amide bonds. The normalized spacial score (nSPS) is 14.6. The van der Waals surface area contributed by atoms with Gasteiger partial charge in [0.25, 0.3) is 0 Å². The molecule has 6 heteroatoms. The summed E-state index contributed by atoms with van der Waals surface area (Å²) in [4.78, 5) is 12.9. The van der Waals surface area contributed by atoms with Gasteiger partial charge in [-0.15, -0.1) is 0 Å². The second-order valence-corrected chi connectivity index (χ2v) is 6.66. The van der Waals surface area contributed by atoms with Gasteiger partial charge in [-0.05, 0) is 43.5 Å². The molecule has 0 saturated heterocycles. The third-order valence-corrected chi connectivity index (χ3v) is 4.54. The lowest BCUT2D eigenvalue weighted by atomic mass is 9.95. The zero-order chi connectivity index (χ0) is 20.0. The molecule has 1 aliphatic rings. The third kappa shape index (κ3) is 4.92. The van der Waals surface area contributed by atoms with Crippen LogP contribution in [0.5, 0.6) is 0 Å². The number of unbranched alkanes of at least 4 members (excludes halogenated alkanes) is 1. The van der Waals surface area contributed by atoms with E-state index in [1.54, 1.807) is 18.4 Å². The third-order valence-electron chi connectivity index (χ3n) is 4.18. The summed E-state index contributed by atoms with van der Waals surface area (Å²) in [5.41, 5.74) is 1.55. The van der Waals surface area contributed by atoms with Gasteiger partial charge in [-0.2, -0.15) is 5.10 Å². The monoisotopic (exact) mass is 392 g/mol. The summed E-state index contributed by atoms with van der Waals surface area (Å²) in [6.45, 7) is 7.87. The van der Waals surface area contributed by atoms with Crippen molar-refractivity contribution >= 4 is 29.3 Å². The van der Waals surface area contributed by atoms with Gasteiger partial charge < -0.3 is 0 Å². The summed E-state index contributed by atoms with van der Waals surface area (Å²) >= 11 is 5.64. The maximum atomic E-state index is 14.2. The van der Waals surface area contributed by atoms with Crippen LogP contribution in [0.15, 0.2) is 47.2 Å². The van der Waals surface area contributed by atoms with Crippen molar-refractivity contribution in [2.24, 2.45) is 5.10 Å². The Balaban J connectivity index is 2.73. The topological polar surface area (TPSA) is 32.7 Å². The highest BCUT2D eigenvalue weighted by Crippen LogP contribution is 2.34. The number of hydrogen-bond acceptors (Lipinski definition) is 3. The fraction of sp³-hybridized carbons (Fsp3) is 0.333. The molecule has 2 rings (SSSR count). The Bertz CT molecular complexity index is 804. The molecule has 27 heavy (non-hydrogen) atoms. The highest BCUT2D eigenvalue weighted by molar-refractivity contribution is 6.30. The first-order chi connectivity index (χ1) is 12.9. The molecule has 3 nitrogen and oxygen atoms in total. The molecule has 0 aromatic heterocycles. The molecule has 1 aromatic carbocycles. The van der Waals surface area contributed by atoms with Gasteiger partial charge in [-0.25, -0.2) is 13.8 Å². The first-order valence-corrected chi connectivity index (χ1v) is 9.39. The van der Waals surface area contributed by atoms with Crippen molar-refractivity contribution in [3.8, 4) is 0 Å². The largest absolute Gasteiger partial charge is 0.294 e. The number of ketones is 1. The van der Waals surface area contributed by atoms with Crippen molar-refractivity contribution in [2.45, 2.75) is 46.0 Å². The van der Waals surface area contributed by atoms with Crippen LogP contribution >= 0.6 is 11.6 Å². The van der Waals surface area contributed by atoms with Crippen LogP contribution in [0, 0.1) is 11.6 Å². The van der Waals surface area contributed by atoms with E-state index in [2.05, 4.69) is 11.7 Å². The summed E-state index contributed by atoms with van der Waals surface area (Å²) in [6, 6.07) is 2.26. The minimum absolute atomic E-state index is 0.0609. The zero-order valence-electron chi connectivity index (χ0n) is 15.6. The number of nitrogens with zero attached hydrogens (tertiary/aromatic N) is 2. The average molecular weight is 393 g/mol. The highest BCUT2D eigenvalue weighted by Gasteiger charge is 2.25. The van der Waals surface area contributed by atoms with Crippen molar-refractivity contribution in [3.05, 3.63) is 64.4 Å². The maximum absolute atomic E-state index is 14.2. The second kappa shape index (κ2) is 9.60. The Hall–Kier alpha value is -2.27. The lowest BCUT2D eigenvalue weighted by Gasteiger charge is -2.27. The molecule has 0 radical (unpaired) electrons. The van der Waals surface area contributed by atoms with Crippen LogP contribution in [0.3, 0.4) is 0 Å². The predicted molar refractivity (Wildman–Crippen MR) is 106 cm³/mol.